The van der Waals surface area contributed by atoms with Gasteiger partial charge in [-0.3, -0.25) is 14.5 Å². The van der Waals surface area contributed by atoms with E-state index < -0.39 is 5.60 Å². The molecule has 1 aliphatic rings. The van der Waals surface area contributed by atoms with Gasteiger partial charge < -0.3 is 9.84 Å². The minimum Gasteiger partial charge on any atom is -0.456 e. The monoisotopic (exact) mass is 421 g/mol. The normalized spacial score (nSPS) is 15.1. The van der Waals surface area contributed by atoms with Gasteiger partial charge in [0.2, 0.25) is 0 Å². The SMILES string of the molecule is CC(O)(CCN1C(=O)c2ccccc2C1=O)c1ccc(Oc2ccccc2Cl)cc1. The van der Waals surface area contributed by atoms with Gasteiger partial charge in [0.15, 0.2) is 0 Å². The average molecular weight is 422 g/mol. The molecule has 4 rings (SSSR count). The van der Waals surface area contributed by atoms with Crippen LogP contribution in [-0.2, 0) is 5.60 Å². The van der Waals surface area contributed by atoms with Gasteiger partial charge in [0.25, 0.3) is 11.8 Å². The Morgan fingerprint density at radius 2 is 1.47 bits per heavy atom. The van der Waals surface area contributed by atoms with Crippen molar-refractivity contribution >= 4 is 23.4 Å². The predicted octanol–water partition coefficient (Wildman–Crippen LogP) is 5.03. The number of hydrogen-bond acceptors (Lipinski definition) is 4. The third-order valence-corrected chi connectivity index (χ3v) is 5.55. The summed E-state index contributed by atoms with van der Waals surface area (Å²) in [5, 5.41) is 11.5. The molecule has 0 saturated carbocycles. The summed E-state index contributed by atoms with van der Waals surface area (Å²) >= 11 is 6.11. The van der Waals surface area contributed by atoms with Gasteiger partial charge in [-0.25, -0.2) is 0 Å². The van der Waals surface area contributed by atoms with E-state index in [0.717, 1.165) is 0 Å². The Hall–Kier alpha value is -3.15. The number of para-hydroxylation sites is 1. The van der Waals surface area contributed by atoms with E-state index >= 15 is 0 Å². The summed E-state index contributed by atoms with van der Waals surface area (Å²) in [7, 11) is 0. The molecule has 0 aliphatic carbocycles. The van der Waals surface area contributed by atoms with Crippen molar-refractivity contribution in [3.8, 4) is 11.5 Å². The maximum absolute atomic E-state index is 12.5. The van der Waals surface area contributed by atoms with Crippen LogP contribution < -0.4 is 4.74 Å². The van der Waals surface area contributed by atoms with Crippen LogP contribution in [-0.4, -0.2) is 28.4 Å². The molecule has 1 aliphatic heterocycles. The van der Waals surface area contributed by atoms with Crippen LogP contribution in [0.3, 0.4) is 0 Å². The number of benzene rings is 3. The van der Waals surface area contributed by atoms with Gasteiger partial charge >= 0.3 is 0 Å². The summed E-state index contributed by atoms with van der Waals surface area (Å²) in [6.07, 6.45) is 0.211. The molecule has 0 saturated heterocycles. The number of ether oxygens (including phenoxy) is 1. The molecule has 152 valence electrons. The smallest absolute Gasteiger partial charge is 0.261 e. The van der Waals surface area contributed by atoms with E-state index in [2.05, 4.69) is 0 Å². The van der Waals surface area contributed by atoms with Crippen LogP contribution in [0.5, 0.6) is 11.5 Å². The summed E-state index contributed by atoms with van der Waals surface area (Å²) < 4.78 is 5.77. The molecule has 3 aromatic carbocycles. The van der Waals surface area contributed by atoms with Gasteiger partial charge in [-0.1, -0.05) is 48.0 Å². The van der Waals surface area contributed by atoms with Crippen molar-refractivity contribution in [2.24, 2.45) is 0 Å². The van der Waals surface area contributed by atoms with E-state index in [4.69, 9.17) is 16.3 Å². The van der Waals surface area contributed by atoms with Crippen LogP contribution in [0.1, 0.15) is 39.6 Å². The van der Waals surface area contributed by atoms with Crippen molar-refractivity contribution in [1.82, 2.24) is 4.90 Å². The second-order valence-corrected chi connectivity index (χ2v) is 7.80. The van der Waals surface area contributed by atoms with E-state index in [9.17, 15) is 14.7 Å². The molecule has 0 bridgehead atoms. The van der Waals surface area contributed by atoms with Gasteiger partial charge in [-0.15, -0.1) is 0 Å². The molecule has 0 aromatic heterocycles. The first kappa shape index (κ1) is 20.1. The third-order valence-electron chi connectivity index (χ3n) is 5.24. The molecule has 3 aromatic rings. The lowest BCUT2D eigenvalue weighted by Gasteiger charge is -2.26. The molecule has 1 N–H and O–H groups in total. The van der Waals surface area contributed by atoms with Gasteiger partial charge in [0.05, 0.1) is 21.8 Å². The number of aliphatic hydroxyl groups is 1. The Labute approximate surface area is 179 Å². The quantitative estimate of drug-likeness (QED) is 0.567. The molecule has 5 nitrogen and oxygen atoms in total. The molecule has 30 heavy (non-hydrogen) atoms. The van der Waals surface area contributed by atoms with Crippen LogP contribution in [0.25, 0.3) is 0 Å². The molecule has 1 unspecified atom stereocenters. The van der Waals surface area contributed by atoms with Crippen molar-refractivity contribution in [1.29, 1.82) is 0 Å². The van der Waals surface area contributed by atoms with Gasteiger partial charge in [0, 0.05) is 6.54 Å². The Morgan fingerprint density at radius 1 is 0.900 bits per heavy atom. The highest BCUT2D eigenvalue weighted by molar-refractivity contribution is 6.32. The van der Waals surface area contributed by atoms with E-state index in [1.807, 2.05) is 12.1 Å². The largest absolute Gasteiger partial charge is 0.456 e. The Balaban J connectivity index is 1.43. The maximum atomic E-state index is 12.5. The second kappa shape index (κ2) is 7.94. The van der Waals surface area contributed by atoms with Crippen molar-refractivity contribution in [2.75, 3.05) is 6.54 Å². The minimum atomic E-state index is -1.22. The number of nitrogens with zero attached hydrogens (tertiary/aromatic N) is 1. The van der Waals surface area contributed by atoms with Crippen LogP contribution >= 0.6 is 11.6 Å². The maximum Gasteiger partial charge on any atom is 0.261 e. The molecule has 1 atom stereocenters. The van der Waals surface area contributed by atoms with E-state index in [1.54, 1.807) is 67.6 Å². The summed E-state index contributed by atoms with van der Waals surface area (Å²) in [5.74, 6) is 0.483. The van der Waals surface area contributed by atoms with Crippen molar-refractivity contribution < 1.29 is 19.4 Å². The standard InChI is InChI=1S/C24H20ClNO4/c1-24(29,14-15-26-22(27)18-6-2-3-7-19(18)23(26)28)16-10-12-17(13-11-16)30-21-9-5-4-8-20(21)25/h2-13,29H,14-15H2,1H3. The number of carbonyl (C=O) groups is 2. The van der Waals surface area contributed by atoms with E-state index in [1.165, 1.54) is 4.90 Å². The summed E-state index contributed by atoms with van der Waals surface area (Å²) in [6, 6.07) is 20.9. The molecule has 2 amide bonds. The van der Waals surface area contributed by atoms with Crippen LogP contribution in [0.4, 0.5) is 0 Å². The highest BCUT2D eigenvalue weighted by atomic mass is 35.5. The molecule has 0 radical (unpaired) electrons. The van der Waals surface area contributed by atoms with Crippen LogP contribution in [0.15, 0.2) is 72.8 Å². The van der Waals surface area contributed by atoms with Crippen molar-refractivity contribution in [3.05, 3.63) is 94.5 Å². The van der Waals surface area contributed by atoms with Gasteiger partial charge in [0.1, 0.15) is 11.5 Å². The lowest BCUT2D eigenvalue weighted by atomic mass is 9.92. The van der Waals surface area contributed by atoms with E-state index in [0.29, 0.717) is 33.2 Å². The van der Waals surface area contributed by atoms with Crippen LogP contribution in [0, 0.1) is 0 Å². The molecule has 0 fully saturated rings. The fourth-order valence-corrected chi connectivity index (χ4v) is 3.63. The zero-order chi connectivity index (χ0) is 21.3. The number of halogens is 1. The van der Waals surface area contributed by atoms with E-state index in [-0.39, 0.29) is 24.8 Å². The fourth-order valence-electron chi connectivity index (χ4n) is 3.45. The number of imide groups is 1. The van der Waals surface area contributed by atoms with Crippen LogP contribution in [0.2, 0.25) is 5.02 Å². The molecule has 6 heteroatoms. The first-order valence-corrected chi connectivity index (χ1v) is 9.95. The average Bonchev–Trinajstić information content (AvgIpc) is 2.99. The zero-order valence-corrected chi connectivity index (χ0v) is 17.1. The summed E-state index contributed by atoms with van der Waals surface area (Å²) in [4.78, 5) is 26.2. The predicted molar refractivity (Wildman–Crippen MR) is 114 cm³/mol. The first-order valence-electron chi connectivity index (χ1n) is 9.57. The fraction of sp³-hybridized carbons (Fsp3) is 0.167. The number of fused-ring (bicyclic) bond motifs is 1. The highest BCUT2D eigenvalue weighted by Crippen LogP contribution is 2.32. The Morgan fingerprint density at radius 3 is 2.07 bits per heavy atom. The zero-order valence-electron chi connectivity index (χ0n) is 16.3. The topological polar surface area (TPSA) is 66.8 Å². The highest BCUT2D eigenvalue weighted by Gasteiger charge is 2.36. The summed E-state index contributed by atoms with van der Waals surface area (Å²) in [5.41, 5.74) is 0.246. The van der Waals surface area contributed by atoms with Gasteiger partial charge in [-0.2, -0.15) is 0 Å². The Kier molecular flexibility index (Phi) is 5.33. The van der Waals surface area contributed by atoms with Crippen molar-refractivity contribution in [3.63, 3.8) is 0 Å². The minimum absolute atomic E-state index is 0.122. The molecule has 0 spiro atoms. The molecular formula is C24H20ClNO4. The number of hydrogen-bond donors (Lipinski definition) is 1. The second-order valence-electron chi connectivity index (χ2n) is 7.39. The molecule has 1 heterocycles. The van der Waals surface area contributed by atoms with Gasteiger partial charge in [-0.05, 0) is 55.3 Å². The van der Waals surface area contributed by atoms with Crippen molar-refractivity contribution in [2.45, 2.75) is 18.9 Å². The Bertz CT molecular complexity index is 1070. The lowest BCUT2D eigenvalue weighted by molar-refractivity contribution is 0.0339. The number of carbonyl (C=O) groups excluding carboxylic acids is 2. The number of amides is 2. The summed E-state index contributed by atoms with van der Waals surface area (Å²) in [6.45, 7) is 1.78. The molecular weight excluding hydrogens is 402 g/mol. The lowest BCUT2D eigenvalue weighted by Crippen LogP contribution is -2.35. The first-order chi connectivity index (χ1) is 14.4. The third kappa shape index (κ3) is 3.82. The number of rotatable bonds is 6.